The molecule has 0 spiro atoms. The van der Waals surface area contributed by atoms with Crippen LogP contribution in [0.4, 0.5) is 11.4 Å². The lowest BCUT2D eigenvalue weighted by Crippen LogP contribution is -2.51. The van der Waals surface area contributed by atoms with E-state index in [0.717, 1.165) is 6.42 Å². The van der Waals surface area contributed by atoms with Crippen molar-refractivity contribution in [2.24, 2.45) is 10.3 Å². The molecule has 2 aromatic rings. The molecule has 8 heteroatoms. The van der Waals surface area contributed by atoms with Crippen LogP contribution in [0.2, 0.25) is 0 Å². The molecule has 1 heterocycles. The molecule has 0 amide bonds. The first kappa shape index (κ1) is 19.3. The first-order valence-electron chi connectivity index (χ1n) is 9.38. The summed E-state index contributed by atoms with van der Waals surface area (Å²) in [6.07, 6.45) is 1.28. The van der Waals surface area contributed by atoms with Crippen molar-refractivity contribution < 1.29 is 18.0 Å². The summed E-state index contributed by atoms with van der Waals surface area (Å²) in [4.78, 5) is 26.7. The Morgan fingerprint density at radius 3 is 2.62 bits per heavy atom. The van der Waals surface area contributed by atoms with E-state index in [1.165, 1.54) is 12.1 Å². The van der Waals surface area contributed by atoms with Crippen molar-refractivity contribution in [3.63, 3.8) is 0 Å². The molecule has 3 N–H and O–H groups in total. The summed E-state index contributed by atoms with van der Waals surface area (Å²) < 4.78 is 29.2. The van der Waals surface area contributed by atoms with Crippen molar-refractivity contribution in [2.75, 3.05) is 11.1 Å². The molecule has 2 unspecified atom stereocenters. The summed E-state index contributed by atoms with van der Waals surface area (Å²) in [6, 6.07) is 11.4. The van der Waals surface area contributed by atoms with Gasteiger partial charge in [-0.3, -0.25) is 9.59 Å². The van der Waals surface area contributed by atoms with Crippen molar-refractivity contribution in [3.05, 3.63) is 53.6 Å². The largest absolute Gasteiger partial charge is 0.399 e. The number of hydrogen-bond acceptors (Lipinski definition) is 6. The minimum absolute atomic E-state index is 0.0753. The first-order chi connectivity index (χ1) is 13.7. The van der Waals surface area contributed by atoms with Gasteiger partial charge in [-0.25, -0.2) is 0 Å². The maximum Gasteiger partial charge on any atom is 0.286 e. The summed E-state index contributed by atoms with van der Waals surface area (Å²) in [7, 11) is -4.10. The monoisotopic (exact) mass is 411 g/mol. The Balaban J connectivity index is 1.88. The van der Waals surface area contributed by atoms with Crippen LogP contribution in [0.15, 0.2) is 51.8 Å². The van der Waals surface area contributed by atoms with Crippen LogP contribution in [0.1, 0.15) is 42.6 Å². The number of Topliss-reactive ketones (excluding diaryl/α,β-unsaturated/α-hetero) is 2. The molecule has 1 aliphatic heterocycles. The lowest BCUT2D eigenvalue weighted by Gasteiger charge is -2.38. The number of carbonyl (C=O) groups excluding carboxylic acids is 2. The number of hydrogen-bond donors (Lipinski definition) is 2. The van der Waals surface area contributed by atoms with E-state index in [1.807, 2.05) is 13.8 Å². The third-order valence-corrected chi connectivity index (χ3v) is 6.97. The van der Waals surface area contributed by atoms with E-state index in [1.54, 1.807) is 30.3 Å². The van der Waals surface area contributed by atoms with Crippen LogP contribution in [0, 0.1) is 5.92 Å². The van der Waals surface area contributed by atoms with Crippen molar-refractivity contribution in [1.82, 2.24) is 0 Å². The van der Waals surface area contributed by atoms with Gasteiger partial charge in [-0.2, -0.15) is 8.42 Å². The number of anilines is 2. The Morgan fingerprint density at radius 1 is 1.17 bits per heavy atom. The zero-order chi connectivity index (χ0) is 21.0. The zero-order valence-electron chi connectivity index (χ0n) is 16.1. The number of nitrogen functional groups attached to an aromatic ring is 1. The Morgan fingerprint density at radius 2 is 1.90 bits per heavy atom. The van der Waals surface area contributed by atoms with Gasteiger partial charge < -0.3 is 11.1 Å². The Kier molecular flexibility index (Phi) is 4.34. The van der Waals surface area contributed by atoms with Crippen LogP contribution in [-0.2, 0) is 20.2 Å². The van der Waals surface area contributed by atoms with E-state index in [2.05, 4.69) is 9.71 Å². The zero-order valence-corrected chi connectivity index (χ0v) is 16.9. The molecule has 29 heavy (non-hydrogen) atoms. The van der Waals surface area contributed by atoms with Gasteiger partial charge in [-0.1, -0.05) is 37.6 Å². The number of nitrogens with one attached hydrogen (secondary N) is 1. The second-order valence-electron chi connectivity index (χ2n) is 7.62. The van der Waals surface area contributed by atoms with Crippen LogP contribution >= 0.6 is 0 Å². The Bertz CT molecular complexity index is 1190. The number of carbonyl (C=O) groups is 2. The maximum atomic E-state index is 13.5. The molecule has 2 aliphatic rings. The van der Waals surface area contributed by atoms with Gasteiger partial charge in [0, 0.05) is 11.3 Å². The standard InChI is InChI=1S/C21H21N3O4S/c1-3-10-21(2)14-7-5-4-6-13(14)18(25)17(19(21)26)20-23-15-9-8-12(22)11-16(15)29(27,28)24-20/h4-9,11,17H,3,10,22H2,1-2H3,(H,23,24). The SMILES string of the molecule is CCCC1(C)C(=O)C(C2=NS(=O)(=O)c3cc(N)ccc3N2)C(=O)c2ccccc21. The predicted octanol–water partition coefficient (Wildman–Crippen LogP) is 2.92. The molecule has 0 fully saturated rings. The number of amidine groups is 1. The van der Waals surface area contributed by atoms with Crippen LogP contribution in [0.25, 0.3) is 0 Å². The molecule has 4 rings (SSSR count). The second-order valence-corrected chi connectivity index (χ2v) is 9.19. The van der Waals surface area contributed by atoms with Crippen LogP contribution in [0.3, 0.4) is 0 Å². The third kappa shape index (κ3) is 2.86. The van der Waals surface area contributed by atoms with Crippen molar-refractivity contribution in [2.45, 2.75) is 37.0 Å². The number of rotatable bonds is 3. The fourth-order valence-electron chi connectivity index (χ4n) is 4.23. The van der Waals surface area contributed by atoms with E-state index in [-0.39, 0.29) is 27.9 Å². The van der Waals surface area contributed by atoms with Crippen molar-refractivity contribution in [1.29, 1.82) is 0 Å². The molecule has 2 aromatic carbocycles. The molecule has 0 aromatic heterocycles. The van der Waals surface area contributed by atoms with Gasteiger partial charge in [-0.15, -0.1) is 4.40 Å². The summed E-state index contributed by atoms with van der Waals surface area (Å²) in [6.45, 7) is 3.78. The summed E-state index contributed by atoms with van der Waals surface area (Å²) in [5, 5.41) is 2.89. The van der Waals surface area contributed by atoms with Gasteiger partial charge in [0.2, 0.25) is 0 Å². The normalized spacial score (nSPS) is 24.9. The molecule has 0 radical (unpaired) electrons. The third-order valence-electron chi connectivity index (χ3n) is 5.64. The fraction of sp³-hybridized carbons (Fsp3) is 0.286. The average Bonchev–Trinajstić information content (AvgIpc) is 2.67. The summed E-state index contributed by atoms with van der Waals surface area (Å²) in [5.41, 5.74) is 6.43. The average molecular weight is 411 g/mol. The highest BCUT2D eigenvalue weighted by atomic mass is 32.2. The predicted molar refractivity (Wildman–Crippen MR) is 111 cm³/mol. The maximum absolute atomic E-state index is 13.5. The topological polar surface area (TPSA) is 119 Å². The Labute approximate surface area is 169 Å². The summed E-state index contributed by atoms with van der Waals surface area (Å²) >= 11 is 0. The van der Waals surface area contributed by atoms with Gasteiger partial charge in [0.15, 0.2) is 11.6 Å². The van der Waals surface area contributed by atoms with Crippen molar-refractivity contribution in [3.8, 4) is 0 Å². The van der Waals surface area contributed by atoms with Gasteiger partial charge in [0.05, 0.1) is 11.1 Å². The van der Waals surface area contributed by atoms with E-state index in [0.29, 0.717) is 17.5 Å². The van der Waals surface area contributed by atoms with Gasteiger partial charge in [0.1, 0.15) is 16.6 Å². The van der Waals surface area contributed by atoms with Gasteiger partial charge >= 0.3 is 0 Å². The minimum Gasteiger partial charge on any atom is -0.399 e. The van der Waals surface area contributed by atoms with Gasteiger partial charge in [-0.05, 0) is 37.1 Å². The second kappa shape index (κ2) is 6.52. The molecular formula is C21H21N3O4S. The van der Waals surface area contributed by atoms with E-state index in [4.69, 9.17) is 5.73 Å². The number of benzene rings is 2. The molecule has 0 saturated heterocycles. The molecule has 2 atom stereocenters. The molecule has 7 nitrogen and oxygen atoms in total. The number of nitrogens with two attached hydrogens (primary N) is 1. The highest BCUT2D eigenvalue weighted by Gasteiger charge is 2.51. The molecule has 150 valence electrons. The number of fused-ring (bicyclic) bond motifs is 2. The van der Waals surface area contributed by atoms with E-state index in [9.17, 15) is 18.0 Å². The molecule has 0 bridgehead atoms. The van der Waals surface area contributed by atoms with Crippen LogP contribution < -0.4 is 11.1 Å². The van der Waals surface area contributed by atoms with E-state index < -0.39 is 27.1 Å². The lowest BCUT2D eigenvalue weighted by atomic mass is 9.63. The molecule has 0 saturated carbocycles. The Hall–Kier alpha value is -3.00. The lowest BCUT2D eigenvalue weighted by molar-refractivity contribution is -0.125. The highest BCUT2D eigenvalue weighted by molar-refractivity contribution is 7.90. The van der Waals surface area contributed by atoms with E-state index >= 15 is 0 Å². The van der Waals surface area contributed by atoms with Crippen molar-refractivity contribution >= 4 is 38.8 Å². The number of ketones is 2. The quantitative estimate of drug-likeness (QED) is 0.592. The number of sulfonamides is 1. The number of nitrogens with zero attached hydrogens (tertiary/aromatic N) is 1. The minimum atomic E-state index is -4.10. The molecular weight excluding hydrogens is 390 g/mol. The van der Waals surface area contributed by atoms with Crippen LogP contribution in [0.5, 0.6) is 0 Å². The summed E-state index contributed by atoms with van der Waals surface area (Å²) in [5.74, 6) is -2.25. The fourth-order valence-corrected chi connectivity index (χ4v) is 5.42. The smallest absolute Gasteiger partial charge is 0.286 e. The van der Waals surface area contributed by atoms with Gasteiger partial charge in [0.25, 0.3) is 10.0 Å². The molecule has 1 aliphatic carbocycles. The highest BCUT2D eigenvalue weighted by Crippen LogP contribution is 2.42. The van der Waals surface area contributed by atoms with Crippen LogP contribution in [-0.4, -0.2) is 25.8 Å². The first-order valence-corrected chi connectivity index (χ1v) is 10.8.